The van der Waals surface area contributed by atoms with E-state index in [1.807, 2.05) is 22.8 Å². The van der Waals surface area contributed by atoms with Crippen LogP contribution in [0.2, 0.25) is 5.02 Å². The maximum absolute atomic E-state index is 15.6. The van der Waals surface area contributed by atoms with Crippen LogP contribution in [0.3, 0.4) is 0 Å². The number of aromatic nitrogens is 4. The molecule has 1 fully saturated rings. The number of ether oxygens (including phenoxy) is 3. The fourth-order valence-corrected chi connectivity index (χ4v) is 6.51. The van der Waals surface area contributed by atoms with E-state index >= 15 is 4.39 Å². The van der Waals surface area contributed by atoms with Crippen LogP contribution < -0.4 is 15.2 Å². The molecule has 3 aliphatic heterocycles. The predicted molar refractivity (Wildman–Crippen MR) is 164 cm³/mol. The monoisotopic (exact) mass is 647 g/mol. The molecule has 0 bridgehead atoms. The van der Waals surface area contributed by atoms with Crippen LogP contribution >= 0.6 is 11.6 Å². The van der Waals surface area contributed by atoms with Gasteiger partial charge < -0.3 is 18.8 Å². The lowest BCUT2D eigenvalue weighted by molar-refractivity contribution is -0.0708. The number of aromatic amines is 1. The minimum atomic E-state index is -1.34. The highest BCUT2D eigenvalue weighted by Gasteiger charge is 2.42. The zero-order chi connectivity index (χ0) is 31.6. The van der Waals surface area contributed by atoms with E-state index in [4.69, 9.17) is 30.8 Å². The van der Waals surface area contributed by atoms with Gasteiger partial charge in [-0.05, 0) is 54.8 Å². The van der Waals surface area contributed by atoms with Crippen LogP contribution in [0.4, 0.5) is 8.78 Å². The summed E-state index contributed by atoms with van der Waals surface area (Å²) in [5.74, 6) is -1.07. The van der Waals surface area contributed by atoms with Crippen molar-refractivity contribution in [2.45, 2.75) is 44.7 Å². The smallest absolute Gasteiger partial charge is 0.439 e. The van der Waals surface area contributed by atoms with Crippen LogP contribution in [0.25, 0.3) is 28.0 Å². The third kappa shape index (κ3) is 5.06. The van der Waals surface area contributed by atoms with Gasteiger partial charge in [0, 0.05) is 42.8 Å². The summed E-state index contributed by atoms with van der Waals surface area (Å²) in [6.07, 6.45) is 3.74. The molecule has 0 aliphatic carbocycles. The zero-order valence-corrected chi connectivity index (χ0v) is 25.4. The van der Waals surface area contributed by atoms with Crippen molar-refractivity contribution < 1.29 is 27.5 Å². The molecular formula is C33H28ClF2N5O5. The molecule has 46 heavy (non-hydrogen) atoms. The second-order valence-electron chi connectivity index (χ2n) is 11.8. The lowest BCUT2D eigenvalue weighted by Gasteiger charge is -2.29. The number of H-pyrrole nitrogens is 1. The Hall–Kier alpha value is -4.52. The standard InChI is InChI=1S/C33H28ClF2N5O5/c1-33(23-6-5-20(34)15-24(23)35)44-27-4-2-3-22(30(27)45-33)18-7-10-40(11-8-18)17-28-37-26-14-19(31-38-32(42)46-39-31)13-25(36)29(26)41(28)16-21-9-12-43-21/h2-7,13-15,21H,8-12,16-17H2,1H3,(H,38,39,42)/t21-,33?/m0/s1. The van der Waals surface area contributed by atoms with Gasteiger partial charge in [-0.15, -0.1) is 0 Å². The summed E-state index contributed by atoms with van der Waals surface area (Å²) in [7, 11) is 0. The van der Waals surface area contributed by atoms with Crippen molar-refractivity contribution in [3.63, 3.8) is 0 Å². The third-order valence-electron chi connectivity index (χ3n) is 8.77. The van der Waals surface area contributed by atoms with E-state index < -0.39 is 23.2 Å². The lowest BCUT2D eigenvalue weighted by Crippen LogP contribution is -2.34. The summed E-state index contributed by atoms with van der Waals surface area (Å²) >= 11 is 5.97. The van der Waals surface area contributed by atoms with Crippen molar-refractivity contribution in [3.05, 3.63) is 98.8 Å². The van der Waals surface area contributed by atoms with Crippen molar-refractivity contribution in [2.75, 3.05) is 19.7 Å². The Labute approximate surface area is 266 Å². The third-order valence-corrected chi connectivity index (χ3v) is 9.01. The van der Waals surface area contributed by atoms with Gasteiger partial charge in [-0.25, -0.2) is 18.6 Å². The Morgan fingerprint density at radius 1 is 1.13 bits per heavy atom. The predicted octanol–water partition coefficient (Wildman–Crippen LogP) is 6.03. The van der Waals surface area contributed by atoms with Crippen molar-refractivity contribution in [1.29, 1.82) is 0 Å². The van der Waals surface area contributed by atoms with E-state index in [0.29, 0.717) is 65.2 Å². The highest BCUT2D eigenvalue weighted by molar-refractivity contribution is 6.30. The first-order valence-electron chi connectivity index (χ1n) is 15.0. The normalized spacial score (nSPS) is 21.0. The summed E-state index contributed by atoms with van der Waals surface area (Å²) in [6, 6.07) is 13.2. The number of rotatable bonds is 7. The van der Waals surface area contributed by atoms with E-state index in [0.717, 1.165) is 30.5 Å². The quantitative estimate of drug-likeness (QED) is 0.228. The van der Waals surface area contributed by atoms with Crippen LogP contribution in [0, 0.1) is 11.6 Å². The molecule has 236 valence electrons. The summed E-state index contributed by atoms with van der Waals surface area (Å²) in [5, 5.41) is 3.99. The Bertz CT molecular complexity index is 2090. The van der Waals surface area contributed by atoms with Crippen molar-refractivity contribution in [1.82, 2.24) is 24.6 Å². The van der Waals surface area contributed by atoms with E-state index in [9.17, 15) is 9.18 Å². The second-order valence-corrected chi connectivity index (χ2v) is 12.2. The molecule has 13 heteroatoms. The SMILES string of the molecule is CC1(c2ccc(Cl)cc2F)Oc2cccc(C3=CCN(Cc4nc5cc(-c6noc(=O)[nH]6)cc(F)c5n4C[C@@H]4CCO4)CC3)c2O1. The molecule has 0 spiro atoms. The van der Waals surface area contributed by atoms with Crippen LogP contribution in [0.1, 0.15) is 36.7 Å². The fraction of sp³-hybridized carbons (Fsp3) is 0.303. The molecule has 0 amide bonds. The topological polar surface area (TPSA) is 108 Å². The van der Waals surface area contributed by atoms with E-state index in [1.54, 1.807) is 25.1 Å². The Morgan fingerprint density at radius 3 is 2.72 bits per heavy atom. The van der Waals surface area contributed by atoms with Gasteiger partial charge in [0.25, 0.3) is 5.79 Å². The number of imidazole rings is 1. The van der Waals surface area contributed by atoms with Crippen LogP contribution in [0.15, 0.2) is 63.9 Å². The van der Waals surface area contributed by atoms with Crippen molar-refractivity contribution in [2.24, 2.45) is 0 Å². The average molecular weight is 648 g/mol. The van der Waals surface area contributed by atoms with Gasteiger partial charge in [-0.1, -0.05) is 35.0 Å². The maximum Gasteiger partial charge on any atom is 0.439 e. The summed E-state index contributed by atoms with van der Waals surface area (Å²) in [4.78, 5) is 21.0. The molecule has 1 saturated heterocycles. The molecule has 5 heterocycles. The lowest BCUT2D eigenvalue weighted by atomic mass is 9.98. The number of benzene rings is 3. The minimum Gasteiger partial charge on any atom is -0.444 e. The average Bonchev–Trinajstić information content (AvgIpc) is 3.69. The number of nitrogens with zero attached hydrogens (tertiary/aromatic N) is 4. The molecule has 0 saturated carbocycles. The molecule has 3 aliphatic rings. The van der Waals surface area contributed by atoms with Crippen molar-refractivity contribution >= 4 is 28.2 Å². The van der Waals surface area contributed by atoms with Gasteiger partial charge in [-0.2, -0.15) is 0 Å². The van der Waals surface area contributed by atoms with Crippen molar-refractivity contribution in [3.8, 4) is 22.9 Å². The van der Waals surface area contributed by atoms with E-state index in [2.05, 4.69) is 25.6 Å². The zero-order valence-electron chi connectivity index (χ0n) is 24.7. The first-order chi connectivity index (χ1) is 22.2. The molecule has 1 N–H and O–H groups in total. The maximum atomic E-state index is 15.6. The van der Waals surface area contributed by atoms with E-state index in [-0.39, 0.29) is 17.5 Å². The largest absolute Gasteiger partial charge is 0.444 e. The Morgan fingerprint density at radius 2 is 2.00 bits per heavy atom. The number of para-hydroxylation sites is 1. The number of hydrogen-bond acceptors (Lipinski definition) is 8. The minimum absolute atomic E-state index is 0.00981. The summed E-state index contributed by atoms with van der Waals surface area (Å²) in [6.45, 7) is 4.69. The van der Waals surface area contributed by atoms with Gasteiger partial charge in [0.1, 0.15) is 23.0 Å². The Kier molecular flexibility index (Phi) is 6.96. The molecule has 0 radical (unpaired) electrons. The highest BCUT2D eigenvalue weighted by atomic mass is 35.5. The molecule has 2 aromatic heterocycles. The molecule has 2 atom stereocenters. The van der Waals surface area contributed by atoms with Crippen LogP contribution in [0.5, 0.6) is 11.5 Å². The molecule has 1 unspecified atom stereocenters. The fourth-order valence-electron chi connectivity index (χ4n) is 6.35. The van der Waals surface area contributed by atoms with Gasteiger partial charge in [0.2, 0.25) is 0 Å². The van der Waals surface area contributed by atoms with Gasteiger partial charge in [0.05, 0.1) is 30.3 Å². The van der Waals surface area contributed by atoms with E-state index in [1.165, 1.54) is 12.1 Å². The first-order valence-corrected chi connectivity index (χ1v) is 15.4. The van der Waals surface area contributed by atoms with Gasteiger partial charge in [-0.3, -0.25) is 14.4 Å². The van der Waals surface area contributed by atoms with Gasteiger partial charge >= 0.3 is 5.76 Å². The summed E-state index contributed by atoms with van der Waals surface area (Å²) < 4.78 is 55.1. The molecule has 5 aromatic rings. The molecule has 8 rings (SSSR count). The van der Waals surface area contributed by atoms with Gasteiger partial charge in [0.15, 0.2) is 17.3 Å². The number of halogens is 3. The molecular weight excluding hydrogens is 620 g/mol. The second kappa shape index (κ2) is 11.1. The first kappa shape index (κ1) is 28.9. The number of fused-ring (bicyclic) bond motifs is 2. The number of nitrogens with one attached hydrogen (secondary N) is 1. The molecule has 10 nitrogen and oxygen atoms in total. The van der Waals surface area contributed by atoms with Crippen LogP contribution in [-0.2, 0) is 23.6 Å². The number of hydrogen-bond donors (Lipinski definition) is 1. The highest BCUT2D eigenvalue weighted by Crippen LogP contribution is 2.49. The van der Waals surface area contributed by atoms with Crippen LogP contribution in [-0.4, -0.2) is 50.4 Å². The molecule has 3 aromatic carbocycles. The Balaban J connectivity index is 1.05. The summed E-state index contributed by atoms with van der Waals surface area (Å²) in [5.41, 5.74) is 3.45.